The molecule has 3 aromatic carbocycles. The Labute approximate surface area is 180 Å². The fourth-order valence-corrected chi connectivity index (χ4v) is 3.42. The minimum absolute atomic E-state index is 0.0256. The van der Waals surface area contributed by atoms with Gasteiger partial charge < -0.3 is 15.5 Å². The molecule has 0 unspecified atom stereocenters. The average molecular weight is 430 g/mol. The largest absolute Gasteiger partial charge is 0.478 e. The average Bonchev–Trinajstić information content (AvgIpc) is 3.03. The lowest BCUT2D eigenvalue weighted by molar-refractivity contribution is 0.0686. The number of carbonyl (C=O) groups is 5. The Morgan fingerprint density at radius 3 is 2.00 bits per heavy atom. The van der Waals surface area contributed by atoms with E-state index in [-0.39, 0.29) is 39.2 Å². The Hall–Kier alpha value is -4.79. The highest BCUT2D eigenvalue weighted by Crippen LogP contribution is 2.31. The van der Waals surface area contributed by atoms with Crippen LogP contribution in [0.15, 0.2) is 66.7 Å². The van der Waals surface area contributed by atoms with E-state index >= 15 is 0 Å². The summed E-state index contributed by atoms with van der Waals surface area (Å²) in [6.45, 7) is 0. The highest BCUT2D eigenvalue weighted by atomic mass is 16.4. The topological polar surface area (TPSA) is 141 Å². The molecule has 1 aliphatic rings. The summed E-state index contributed by atoms with van der Waals surface area (Å²) in [4.78, 5) is 62.1. The van der Waals surface area contributed by atoms with E-state index in [1.807, 2.05) is 0 Å². The Morgan fingerprint density at radius 1 is 0.719 bits per heavy atom. The molecule has 9 nitrogen and oxygen atoms in total. The quantitative estimate of drug-likeness (QED) is 0.528. The number of hydrogen-bond donors (Lipinski definition) is 3. The highest BCUT2D eigenvalue weighted by molar-refractivity contribution is 6.35. The fourth-order valence-electron chi connectivity index (χ4n) is 3.42. The number of rotatable bonds is 5. The van der Waals surface area contributed by atoms with E-state index in [1.54, 1.807) is 6.07 Å². The first-order valence-electron chi connectivity index (χ1n) is 9.28. The first kappa shape index (κ1) is 20.5. The van der Waals surface area contributed by atoms with Gasteiger partial charge in [-0.05, 0) is 42.5 Å². The van der Waals surface area contributed by atoms with E-state index < -0.39 is 29.7 Å². The van der Waals surface area contributed by atoms with Crippen molar-refractivity contribution in [1.82, 2.24) is 0 Å². The predicted octanol–water partition coefficient (Wildman–Crippen LogP) is 3.14. The molecule has 0 bridgehead atoms. The number of nitrogens with one attached hydrogen (secondary N) is 1. The second-order valence-electron chi connectivity index (χ2n) is 6.83. The van der Waals surface area contributed by atoms with Gasteiger partial charge in [-0.1, -0.05) is 24.3 Å². The van der Waals surface area contributed by atoms with Crippen LogP contribution in [0.3, 0.4) is 0 Å². The van der Waals surface area contributed by atoms with Crippen molar-refractivity contribution in [3.05, 3.63) is 94.5 Å². The van der Waals surface area contributed by atoms with Gasteiger partial charge in [-0.25, -0.2) is 14.5 Å². The molecule has 0 aromatic heterocycles. The first-order chi connectivity index (χ1) is 15.3. The maximum absolute atomic E-state index is 13.0. The monoisotopic (exact) mass is 430 g/mol. The summed E-state index contributed by atoms with van der Waals surface area (Å²) < 4.78 is 0. The van der Waals surface area contributed by atoms with Crippen molar-refractivity contribution in [3.63, 3.8) is 0 Å². The normalized spacial score (nSPS) is 12.4. The molecule has 0 saturated carbocycles. The van der Waals surface area contributed by atoms with Gasteiger partial charge in [0.25, 0.3) is 17.7 Å². The van der Waals surface area contributed by atoms with Gasteiger partial charge in [0.2, 0.25) is 0 Å². The van der Waals surface area contributed by atoms with Gasteiger partial charge in [-0.2, -0.15) is 0 Å². The molecule has 0 spiro atoms. The maximum Gasteiger partial charge on any atom is 0.337 e. The number of imide groups is 1. The number of benzene rings is 3. The van der Waals surface area contributed by atoms with Crippen molar-refractivity contribution in [2.45, 2.75) is 0 Å². The summed E-state index contributed by atoms with van der Waals surface area (Å²) in [5.41, 5.74) is -0.335. The molecule has 1 heterocycles. The molecule has 0 aliphatic carbocycles. The van der Waals surface area contributed by atoms with Crippen LogP contribution in [0.2, 0.25) is 0 Å². The molecular weight excluding hydrogens is 416 g/mol. The number of aromatic carboxylic acids is 2. The van der Waals surface area contributed by atoms with Crippen LogP contribution >= 0.6 is 0 Å². The van der Waals surface area contributed by atoms with Crippen LogP contribution in [0.1, 0.15) is 51.8 Å². The standard InChI is InChI=1S/C23H14N2O7/c26-19(24-17-7-3-1-5-14(17)22(29)30)12-9-10-13-16(11-12)21(28)25(20(13)27)18-8-4-2-6-15(18)23(31)32/h1-11H,(H,24,26)(H,29,30)(H,31,32). The van der Waals surface area contributed by atoms with E-state index in [0.29, 0.717) is 0 Å². The molecule has 9 heteroatoms. The van der Waals surface area contributed by atoms with E-state index in [9.17, 15) is 34.2 Å². The van der Waals surface area contributed by atoms with Gasteiger partial charge in [0.05, 0.1) is 33.6 Å². The molecule has 0 radical (unpaired) electrons. The number of anilines is 2. The number of carbonyl (C=O) groups excluding carboxylic acids is 3. The lowest BCUT2D eigenvalue weighted by Gasteiger charge is -2.16. The summed E-state index contributed by atoms with van der Waals surface area (Å²) in [6, 6.07) is 15.3. The van der Waals surface area contributed by atoms with Crippen molar-refractivity contribution in [1.29, 1.82) is 0 Å². The SMILES string of the molecule is O=C(Nc1ccccc1C(=O)O)c1ccc2c(c1)C(=O)N(c1ccccc1C(=O)O)C2=O. The molecule has 0 atom stereocenters. The summed E-state index contributed by atoms with van der Waals surface area (Å²) in [6.07, 6.45) is 0. The fraction of sp³-hybridized carbons (Fsp3) is 0. The van der Waals surface area contributed by atoms with Crippen LogP contribution in [-0.4, -0.2) is 39.9 Å². The predicted molar refractivity (Wildman–Crippen MR) is 112 cm³/mol. The van der Waals surface area contributed by atoms with Crippen LogP contribution in [0.25, 0.3) is 0 Å². The maximum atomic E-state index is 13.0. The minimum atomic E-state index is -1.30. The first-order valence-corrected chi connectivity index (χ1v) is 9.28. The Bertz CT molecular complexity index is 1330. The molecule has 0 fully saturated rings. The number of carboxylic acid groups (broad SMARTS) is 2. The van der Waals surface area contributed by atoms with E-state index in [1.165, 1.54) is 60.7 Å². The molecule has 3 aromatic rings. The van der Waals surface area contributed by atoms with Crippen molar-refractivity contribution in [2.24, 2.45) is 0 Å². The third-order valence-electron chi connectivity index (χ3n) is 4.93. The Morgan fingerprint density at radius 2 is 1.31 bits per heavy atom. The van der Waals surface area contributed by atoms with Crippen LogP contribution < -0.4 is 10.2 Å². The van der Waals surface area contributed by atoms with Gasteiger partial charge in [0.1, 0.15) is 0 Å². The molecule has 1 aliphatic heterocycles. The van der Waals surface area contributed by atoms with Gasteiger partial charge in [0.15, 0.2) is 0 Å². The smallest absolute Gasteiger partial charge is 0.337 e. The number of hydrogen-bond acceptors (Lipinski definition) is 5. The second-order valence-corrected chi connectivity index (χ2v) is 6.83. The van der Waals surface area contributed by atoms with Crippen LogP contribution in [0.5, 0.6) is 0 Å². The zero-order valence-corrected chi connectivity index (χ0v) is 16.2. The van der Waals surface area contributed by atoms with Gasteiger partial charge in [0, 0.05) is 5.56 Å². The van der Waals surface area contributed by atoms with E-state index in [4.69, 9.17) is 0 Å². The van der Waals surface area contributed by atoms with Gasteiger partial charge in [-0.3, -0.25) is 14.4 Å². The van der Waals surface area contributed by atoms with Gasteiger partial charge in [-0.15, -0.1) is 0 Å². The summed E-state index contributed by atoms with van der Waals surface area (Å²) in [7, 11) is 0. The molecule has 3 amide bonds. The zero-order chi connectivity index (χ0) is 23.0. The lowest BCUT2D eigenvalue weighted by Crippen LogP contribution is -2.30. The highest BCUT2D eigenvalue weighted by Gasteiger charge is 2.38. The molecule has 3 N–H and O–H groups in total. The van der Waals surface area contributed by atoms with Crippen LogP contribution in [0.4, 0.5) is 11.4 Å². The minimum Gasteiger partial charge on any atom is -0.478 e. The lowest BCUT2D eigenvalue weighted by atomic mass is 10.0. The number of para-hydroxylation sites is 2. The third-order valence-corrected chi connectivity index (χ3v) is 4.93. The summed E-state index contributed by atoms with van der Waals surface area (Å²) in [5.74, 6) is -4.66. The number of nitrogens with zero attached hydrogens (tertiary/aromatic N) is 1. The van der Waals surface area contributed by atoms with Crippen molar-refractivity contribution in [2.75, 3.05) is 10.2 Å². The molecular formula is C23H14N2O7. The van der Waals surface area contributed by atoms with Crippen molar-refractivity contribution in [3.8, 4) is 0 Å². The molecule has 0 saturated heterocycles. The Balaban J connectivity index is 1.68. The summed E-state index contributed by atoms with van der Waals surface area (Å²) in [5, 5.41) is 21.1. The molecule has 158 valence electrons. The van der Waals surface area contributed by atoms with Crippen LogP contribution in [-0.2, 0) is 0 Å². The van der Waals surface area contributed by atoms with E-state index in [0.717, 1.165) is 4.90 Å². The Kier molecular flexibility index (Phi) is 4.99. The zero-order valence-electron chi connectivity index (χ0n) is 16.2. The number of fused-ring (bicyclic) bond motifs is 1. The summed E-state index contributed by atoms with van der Waals surface area (Å²) >= 11 is 0. The van der Waals surface area contributed by atoms with Crippen LogP contribution in [0, 0.1) is 0 Å². The van der Waals surface area contributed by atoms with Crippen molar-refractivity contribution < 1.29 is 34.2 Å². The molecule has 32 heavy (non-hydrogen) atoms. The number of carboxylic acids is 2. The molecule has 4 rings (SSSR count). The van der Waals surface area contributed by atoms with E-state index in [2.05, 4.69) is 5.32 Å². The third kappa shape index (κ3) is 3.37. The van der Waals surface area contributed by atoms with Crippen molar-refractivity contribution >= 4 is 41.0 Å². The second kappa shape index (κ2) is 7.80. The van der Waals surface area contributed by atoms with Gasteiger partial charge >= 0.3 is 11.9 Å². The number of amides is 3.